The van der Waals surface area contributed by atoms with Crippen molar-refractivity contribution in [2.24, 2.45) is 5.92 Å². The molecule has 4 unspecified atom stereocenters. The van der Waals surface area contributed by atoms with Crippen LogP contribution in [0, 0.1) is 5.92 Å². The van der Waals surface area contributed by atoms with Gasteiger partial charge in [0.15, 0.2) is 0 Å². The first-order valence-electron chi connectivity index (χ1n) is 6.43. The number of piperidine rings is 1. The number of rotatable bonds is 5. The minimum absolute atomic E-state index is 0.110. The van der Waals surface area contributed by atoms with E-state index in [1.807, 2.05) is 6.92 Å². The molecule has 2 aliphatic rings. The van der Waals surface area contributed by atoms with Crippen LogP contribution < -0.4 is 5.32 Å². The van der Waals surface area contributed by atoms with Crippen LogP contribution in [-0.2, 0) is 0 Å². The van der Waals surface area contributed by atoms with Crippen molar-refractivity contribution in [1.29, 1.82) is 0 Å². The van der Waals surface area contributed by atoms with Crippen molar-refractivity contribution >= 4 is 0 Å². The van der Waals surface area contributed by atoms with Gasteiger partial charge in [-0.15, -0.1) is 0 Å². The van der Waals surface area contributed by atoms with Crippen molar-refractivity contribution in [3.05, 3.63) is 0 Å². The van der Waals surface area contributed by atoms with Gasteiger partial charge in [0.25, 0.3) is 0 Å². The summed E-state index contributed by atoms with van der Waals surface area (Å²) in [5.74, 6) is 0.873. The summed E-state index contributed by atoms with van der Waals surface area (Å²) in [5.41, 5.74) is 0. The van der Waals surface area contributed by atoms with Crippen LogP contribution in [0.5, 0.6) is 0 Å². The molecule has 0 aliphatic carbocycles. The Morgan fingerprint density at radius 1 is 1.40 bits per heavy atom. The fourth-order valence-corrected chi connectivity index (χ4v) is 2.86. The van der Waals surface area contributed by atoms with E-state index >= 15 is 0 Å². The zero-order chi connectivity index (χ0) is 10.7. The van der Waals surface area contributed by atoms with Crippen molar-refractivity contribution in [2.45, 2.75) is 44.8 Å². The normalized spacial score (nSPS) is 36.8. The van der Waals surface area contributed by atoms with Gasteiger partial charge in [0.2, 0.25) is 0 Å². The lowest BCUT2D eigenvalue weighted by molar-refractivity contribution is 0.153. The molecule has 2 heterocycles. The Kier molecular flexibility index (Phi) is 4.00. The largest absolute Gasteiger partial charge is 0.393 e. The fourth-order valence-electron chi connectivity index (χ4n) is 2.86. The minimum atomic E-state index is -0.110. The maximum absolute atomic E-state index is 9.47. The number of hydrogen-bond acceptors (Lipinski definition) is 3. The number of fused-ring (bicyclic) bond motifs is 2. The van der Waals surface area contributed by atoms with E-state index in [0.29, 0.717) is 6.04 Å². The number of aliphatic hydroxyl groups excluding tert-OH is 1. The molecule has 0 aromatic heterocycles. The summed E-state index contributed by atoms with van der Waals surface area (Å²) >= 11 is 0. The number of hydrogen-bond donors (Lipinski definition) is 2. The van der Waals surface area contributed by atoms with Crippen LogP contribution in [0.25, 0.3) is 0 Å². The summed E-state index contributed by atoms with van der Waals surface area (Å²) in [6.07, 6.45) is 4.34. The highest BCUT2D eigenvalue weighted by atomic mass is 16.3. The maximum Gasteiger partial charge on any atom is 0.0549 e. The van der Waals surface area contributed by atoms with Crippen LogP contribution in [0.1, 0.15) is 32.6 Å². The monoisotopic (exact) mass is 212 g/mol. The van der Waals surface area contributed by atoms with E-state index in [-0.39, 0.29) is 6.10 Å². The second kappa shape index (κ2) is 5.28. The smallest absolute Gasteiger partial charge is 0.0549 e. The zero-order valence-corrected chi connectivity index (χ0v) is 9.78. The summed E-state index contributed by atoms with van der Waals surface area (Å²) in [6.45, 7) is 6.90. The molecule has 0 spiro atoms. The first kappa shape index (κ1) is 11.4. The van der Waals surface area contributed by atoms with E-state index in [4.69, 9.17) is 0 Å². The molecule has 4 atom stereocenters. The third-order valence-corrected chi connectivity index (χ3v) is 3.99. The molecule has 0 saturated carbocycles. The van der Waals surface area contributed by atoms with Crippen molar-refractivity contribution in [2.75, 3.05) is 26.2 Å². The van der Waals surface area contributed by atoms with Crippen LogP contribution >= 0.6 is 0 Å². The molecule has 2 aliphatic heterocycles. The Morgan fingerprint density at radius 2 is 2.20 bits per heavy atom. The van der Waals surface area contributed by atoms with Crippen LogP contribution in [0.2, 0.25) is 0 Å². The summed E-state index contributed by atoms with van der Waals surface area (Å²) in [5, 5.41) is 13.1. The van der Waals surface area contributed by atoms with Crippen molar-refractivity contribution in [3.63, 3.8) is 0 Å². The lowest BCUT2D eigenvalue weighted by atomic mass is 9.94. The second-order valence-corrected chi connectivity index (χ2v) is 5.05. The molecule has 2 bridgehead atoms. The van der Waals surface area contributed by atoms with E-state index < -0.39 is 0 Å². The average Bonchev–Trinajstić information content (AvgIpc) is 2.64. The third kappa shape index (κ3) is 2.92. The lowest BCUT2D eigenvalue weighted by Crippen LogP contribution is -2.44. The molecule has 15 heavy (non-hydrogen) atoms. The van der Waals surface area contributed by atoms with E-state index in [2.05, 4.69) is 10.2 Å². The number of nitrogens with zero attached hydrogens (tertiary/aromatic N) is 1. The van der Waals surface area contributed by atoms with Gasteiger partial charge in [-0.25, -0.2) is 0 Å². The minimum Gasteiger partial charge on any atom is -0.393 e. The first-order valence-corrected chi connectivity index (χ1v) is 6.43. The van der Waals surface area contributed by atoms with E-state index in [1.165, 1.54) is 32.5 Å². The Bertz CT molecular complexity index is 198. The highest BCUT2D eigenvalue weighted by Crippen LogP contribution is 2.26. The molecule has 88 valence electrons. The van der Waals surface area contributed by atoms with Gasteiger partial charge in [-0.05, 0) is 51.2 Å². The Labute approximate surface area is 92.8 Å². The summed E-state index contributed by atoms with van der Waals surface area (Å²) in [4.78, 5) is 2.57. The predicted molar refractivity (Wildman–Crippen MR) is 61.9 cm³/mol. The molecule has 0 aromatic rings. The Balaban J connectivity index is 1.66. The van der Waals surface area contributed by atoms with Gasteiger partial charge in [0, 0.05) is 12.6 Å². The van der Waals surface area contributed by atoms with Gasteiger partial charge in [0.05, 0.1) is 6.10 Å². The molecule has 2 saturated heterocycles. The van der Waals surface area contributed by atoms with Crippen molar-refractivity contribution in [1.82, 2.24) is 10.2 Å². The number of aliphatic hydroxyl groups is 1. The summed E-state index contributed by atoms with van der Waals surface area (Å²) in [7, 11) is 0. The molecule has 0 aromatic carbocycles. The topological polar surface area (TPSA) is 35.5 Å². The molecular weight excluding hydrogens is 188 g/mol. The van der Waals surface area contributed by atoms with Gasteiger partial charge >= 0.3 is 0 Å². The highest BCUT2D eigenvalue weighted by molar-refractivity contribution is 4.90. The standard InChI is InChI=1S/C12H24N2O/c1-2-11(15)3-6-13-12-5-8-14-7-4-10(12)9-14/h10-13,15H,2-9H2,1H3. The van der Waals surface area contributed by atoms with Gasteiger partial charge in [-0.1, -0.05) is 6.92 Å². The predicted octanol–water partition coefficient (Wildman–Crippen LogP) is 0.831. The quantitative estimate of drug-likeness (QED) is 0.708. The molecule has 2 rings (SSSR count). The van der Waals surface area contributed by atoms with Gasteiger partial charge in [-0.2, -0.15) is 0 Å². The van der Waals surface area contributed by atoms with E-state index in [0.717, 1.165) is 25.3 Å². The van der Waals surface area contributed by atoms with Gasteiger partial charge < -0.3 is 15.3 Å². The molecule has 2 fully saturated rings. The zero-order valence-electron chi connectivity index (χ0n) is 9.78. The van der Waals surface area contributed by atoms with E-state index in [9.17, 15) is 5.11 Å². The molecule has 0 amide bonds. The summed E-state index contributed by atoms with van der Waals surface area (Å²) in [6, 6.07) is 0.716. The van der Waals surface area contributed by atoms with Gasteiger partial charge in [-0.3, -0.25) is 0 Å². The van der Waals surface area contributed by atoms with Crippen LogP contribution in [0.4, 0.5) is 0 Å². The fraction of sp³-hybridized carbons (Fsp3) is 1.00. The molecule has 0 radical (unpaired) electrons. The van der Waals surface area contributed by atoms with Crippen molar-refractivity contribution < 1.29 is 5.11 Å². The van der Waals surface area contributed by atoms with Gasteiger partial charge in [0.1, 0.15) is 0 Å². The Morgan fingerprint density at radius 3 is 3.00 bits per heavy atom. The maximum atomic E-state index is 9.47. The molecule has 3 heteroatoms. The van der Waals surface area contributed by atoms with Crippen LogP contribution in [-0.4, -0.2) is 48.3 Å². The number of nitrogens with one attached hydrogen (secondary N) is 1. The first-order chi connectivity index (χ1) is 7.29. The van der Waals surface area contributed by atoms with Crippen LogP contribution in [0.15, 0.2) is 0 Å². The summed E-state index contributed by atoms with van der Waals surface area (Å²) < 4.78 is 0. The average molecular weight is 212 g/mol. The highest BCUT2D eigenvalue weighted by Gasteiger charge is 2.33. The lowest BCUT2D eigenvalue weighted by Gasteiger charge is -2.31. The van der Waals surface area contributed by atoms with E-state index in [1.54, 1.807) is 0 Å². The Hall–Kier alpha value is -0.120. The third-order valence-electron chi connectivity index (χ3n) is 3.99. The van der Waals surface area contributed by atoms with Crippen LogP contribution in [0.3, 0.4) is 0 Å². The van der Waals surface area contributed by atoms with Crippen molar-refractivity contribution in [3.8, 4) is 0 Å². The molecule has 2 N–H and O–H groups in total. The molecular formula is C12H24N2O. The second-order valence-electron chi connectivity index (χ2n) is 5.05. The SMILES string of the molecule is CCC(O)CCNC1CCN2CCC1C2. The molecule has 3 nitrogen and oxygen atoms in total.